The van der Waals surface area contributed by atoms with Crippen LogP contribution in [0.1, 0.15) is 29.3 Å². The van der Waals surface area contributed by atoms with Crippen LogP contribution in [0.25, 0.3) is 0 Å². The van der Waals surface area contributed by atoms with Crippen molar-refractivity contribution in [1.29, 1.82) is 0 Å². The molecule has 1 aliphatic rings. The average Bonchev–Trinajstić information content (AvgIpc) is 2.73. The van der Waals surface area contributed by atoms with E-state index in [0.29, 0.717) is 17.9 Å². The summed E-state index contributed by atoms with van der Waals surface area (Å²) < 4.78 is 39.4. The van der Waals surface area contributed by atoms with Gasteiger partial charge in [-0.25, -0.2) is 4.98 Å². The van der Waals surface area contributed by atoms with E-state index >= 15 is 0 Å². The Balaban J connectivity index is 2.07. The van der Waals surface area contributed by atoms with Crippen LogP contribution in [-0.4, -0.2) is 22.7 Å². The number of amides is 1. The summed E-state index contributed by atoms with van der Waals surface area (Å²) in [5, 5.41) is 0.331. The van der Waals surface area contributed by atoms with Gasteiger partial charge in [-0.1, -0.05) is 30.1 Å². The molecule has 0 saturated heterocycles. The van der Waals surface area contributed by atoms with Gasteiger partial charge < -0.3 is 4.90 Å². The lowest BCUT2D eigenvalue weighted by molar-refractivity contribution is -0.137. The fourth-order valence-electron chi connectivity index (χ4n) is 2.62. The minimum Gasteiger partial charge on any atom is -0.307 e. The molecule has 2 aromatic rings. The molecular weight excluding hydrogens is 408 g/mol. The fourth-order valence-corrected chi connectivity index (χ4v) is 3.98. The lowest BCUT2D eigenvalue weighted by atomic mass is 10.1. The molecule has 1 atom stereocenters. The minimum absolute atomic E-state index is 0.0584. The summed E-state index contributed by atoms with van der Waals surface area (Å²) in [6.07, 6.45) is -2.58. The normalized spacial score (nSPS) is 17.6. The predicted molar refractivity (Wildman–Crippen MR) is 97.3 cm³/mol. The van der Waals surface area contributed by atoms with Gasteiger partial charge in [0.25, 0.3) is 5.91 Å². The smallest absolute Gasteiger partial charge is 0.307 e. The van der Waals surface area contributed by atoms with Crippen molar-refractivity contribution in [3.8, 4) is 0 Å². The Morgan fingerprint density at radius 2 is 2.04 bits per heavy atom. The van der Waals surface area contributed by atoms with Crippen LogP contribution >= 0.6 is 35.0 Å². The van der Waals surface area contributed by atoms with Crippen molar-refractivity contribution < 1.29 is 18.0 Å². The molecule has 9 heteroatoms. The van der Waals surface area contributed by atoms with Gasteiger partial charge in [-0.3, -0.25) is 4.79 Å². The minimum atomic E-state index is -4.49. The lowest BCUT2D eigenvalue weighted by Crippen LogP contribution is -2.32. The summed E-state index contributed by atoms with van der Waals surface area (Å²) >= 11 is 13.1. The zero-order valence-corrected chi connectivity index (χ0v) is 15.8. The molecule has 1 amide bonds. The number of hydrogen-bond acceptors (Lipinski definition) is 3. The Morgan fingerprint density at radius 1 is 1.31 bits per heavy atom. The molecule has 1 unspecified atom stereocenters. The maximum absolute atomic E-state index is 13.1. The second kappa shape index (κ2) is 7.29. The molecule has 0 radical (unpaired) electrons. The number of halogens is 5. The van der Waals surface area contributed by atoms with Gasteiger partial charge in [0, 0.05) is 22.9 Å². The van der Waals surface area contributed by atoms with Gasteiger partial charge >= 0.3 is 6.18 Å². The van der Waals surface area contributed by atoms with Gasteiger partial charge in [0.05, 0.1) is 21.8 Å². The second-order valence-electron chi connectivity index (χ2n) is 5.85. The van der Waals surface area contributed by atoms with Gasteiger partial charge in [-0.2, -0.15) is 13.2 Å². The molecular formula is C17H13Cl2F3N2OS. The highest BCUT2D eigenvalue weighted by atomic mass is 35.5. The summed E-state index contributed by atoms with van der Waals surface area (Å²) in [5.41, 5.74) is -0.385. The quantitative estimate of drug-likeness (QED) is 0.535. The number of hydrogen-bond donors (Lipinski definition) is 0. The van der Waals surface area contributed by atoms with Crippen molar-refractivity contribution in [2.45, 2.75) is 29.7 Å². The molecule has 0 N–H and O–H groups in total. The van der Waals surface area contributed by atoms with Gasteiger partial charge in [0.15, 0.2) is 0 Å². The van der Waals surface area contributed by atoms with E-state index in [4.69, 9.17) is 23.2 Å². The number of alkyl halides is 3. The molecule has 0 bridgehead atoms. The molecule has 3 nitrogen and oxygen atoms in total. The van der Waals surface area contributed by atoms with Gasteiger partial charge in [0.2, 0.25) is 0 Å². The Hall–Kier alpha value is -1.44. The Bertz CT molecular complexity index is 860. The van der Waals surface area contributed by atoms with Crippen molar-refractivity contribution in [3.05, 3.63) is 51.8 Å². The molecule has 1 aromatic heterocycles. The van der Waals surface area contributed by atoms with Gasteiger partial charge in [-0.15, -0.1) is 11.8 Å². The van der Waals surface area contributed by atoms with E-state index in [-0.39, 0.29) is 26.7 Å². The van der Waals surface area contributed by atoms with Crippen LogP contribution in [0.2, 0.25) is 10.2 Å². The van der Waals surface area contributed by atoms with Crippen molar-refractivity contribution in [1.82, 2.24) is 4.98 Å². The average molecular weight is 421 g/mol. The number of nitrogens with zero attached hydrogens (tertiary/aromatic N) is 2. The molecule has 2 heterocycles. The zero-order valence-electron chi connectivity index (χ0n) is 13.5. The van der Waals surface area contributed by atoms with E-state index < -0.39 is 17.6 Å². The highest BCUT2D eigenvalue weighted by Crippen LogP contribution is 2.41. The van der Waals surface area contributed by atoms with Crippen molar-refractivity contribution in [2.75, 3.05) is 11.4 Å². The first-order chi connectivity index (χ1) is 12.2. The van der Waals surface area contributed by atoms with E-state index in [1.54, 1.807) is 0 Å². The topological polar surface area (TPSA) is 33.2 Å². The van der Waals surface area contributed by atoms with E-state index in [1.165, 1.54) is 35.0 Å². The number of rotatable bonds is 1. The van der Waals surface area contributed by atoms with Crippen LogP contribution in [0.4, 0.5) is 18.9 Å². The highest BCUT2D eigenvalue weighted by molar-refractivity contribution is 8.00. The van der Waals surface area contributed by atoms with E-state index in [0.717, 1.165) is 12.1 Å². The Kier molecular flexibility index (Phi) is 5.42. The number of pyridine rings is 1. The summed E-state index contributed by atoms with van der Waals surface area (Å²) in [4.78, 5) is 18.8. The summed E-state index contributed by atoms with van der Waals surface area (Å²) in [7, 11) is 0. The first-order valence-electron chi connectivity index (χ1n) is 7.67. The largest absolute Gasteiger partial charge is 0.416 e. The maximum atomic E-state index is 13.1. The van der Waals surface area contributed by atoms with Crippen LogP contribution in [0.5, 0.6) is 0 Å². The van der Waals surface area contributed by atoms with Gasteiger partial charge in [0.1, 0.15) is 5.15 Å². The third-order valence-corrected chi connectivity index (χ3v) is 5.88. The number of anilines is 1. The first kappa shape index (κ1) is 19.3. The molecule has 26 heavy (non-hydrogen) atoms. The van der Waals surface area contributed by atoms with Crippen LogP contribution in [0, 0.1) is 0 Å². The number of carbonyl (C=O) groups is 1. The third-order valence-electron chi connectivity index (χ3n) is 3.95. The van der Waals surface area contributed by atoms with Crippen molar-refractivity contribution in [3.63, 3.8) is 0 Å². The molecule has 1 aromatic carbocycles. The Labute approximate surface area is 162 Å². The summed E-state index contributed by atoms with van der Waals surface area (Å²) in [6, 6.07) is 4.84. The number of thioether (sulfide) groups is 1. The number of carbonyl (C=O) groups excluding carboxylic acids is 1. The molecule has 138 valence electrons. The zero-order chi connectivity index (χ0) is 19.1. The monoisotopic (exact) mass is 420 g/mol. The molecule has 1 aliphatic heterocycles. The van der Waals surface area contributed by atoms with Crippen molar-refractivity contribution >= 4 is 46.6 Å². The second-order valence-corrected chi connectivity index (χ2v) is 8.10. The van der Waals surface area contributed by atoms with Crippen LogP contribution < -0.4 is 4.90 Å². The summed E-state index contributed by atoms with van der Waals surface area (Å²) in [5.74, 6) is -0.466. The molecule has 0 saturated carbocycles. The van der Waals surface area contributed by atoms with E-state index in [2.05, 4.69) is 4.98 Å². The number of benzene rings is 1. The lowest BCUT2D eigenvalue weighted by Gasteiger charge is -2.23. The SMILES string of the molecule is CC1CCN(C(=O)c2cnc(Cl)c(Cl)c2)c2cc(C(F)(F)F)ccc2S1. The maximum Gasteiger partial charge on any atom is 0.416 e. The fraction of sp³-hybridized carbons (Fsp3) is 0.294. The summed E-state index contributed by atoms with van der Waals surface area (Å²) in [6.45, 7) is 2.27. The molecule has 0 fully saturated rings. The molecule has 0 spiro atoms. The first-order valence-corrected chi connectivity index (χ1v) is 9.31. The van der Waals surface area contributed by atoms with Crippen LogP contribution in [0.3, 0.4) is 0 Å². The molecule has 0 aliphatic carbocycles. The van der Waals surface area contributed by atoms with Crippen molar-refractivity contribution in [2.24, 2.45) is 0 Å². The van der Waals surface area contributed by atoms with Crippen LogP contribution in [0.15, 0.2) is 35.4 Å². The van der Waals surface area contributed by atoms with Crippen LogP contribution in [-0.2, 0) is 6.18 Å². The molecule has 3 rings (SSSR count). The highest BCUT2D eigenvalue weighted by Gasteiger charge is 2.33. The Morgan fingerprint density at radius 3 is 2.69 bits per heavy atom. The van der Waals surface area contributed by atoms with E-state index in [9.17, 15) is 18.0 Å². The standard InChI is InChI=1S/C17H13Cl2F3N2OS/c1-9-4-5-24(16(25)10-6-12(18)15(19)23-8-10)13-7-11(17(20,21)22)2-3-14(13)26-9/h2-3,6-9H,4-5H2,1H3. The predicted octanol–water partition coefficient (Wildman–Crippen LogP) is 5.94. The number of fused-ring (bicyclic) bond motifs is 1. The van der Waals surface area contributed by atoms with E-state index in [1.807, 2.05) is 6.92 Å². The number of aromatic nitrogens is 1. The third kappa shape index (κ3) is 3.94. The van der Waals surface area contributed by atoms with Gasteiger partial charge in [-0.05, 0) is 30.7 Å².